The van der Waals surface area contributed by atoms with Gasteiger partial charge in [-0.3, -0.25) is 4.79 Å². The van der Waals surface area contributed by atoms with Gasteiger partial charge in [-0.2, -0.15) is 0 Å². The molecule has 4 nitrogen and oxygen atoms in total. The largest absolute Gasteiger partial charge is 0.366 e. The highest BCUT2D eigenvalue weighted by Crippen LogP contribution is 1.48. The Labute approximate surface area is 53.1 Å². The highest BCUT2D eigenvalue weighted by molar-refractivity contribution is 5.84. The van der Waals surface area contributed by atoms with E-state index in [1.54, 1.807) is 0 Å². The van der Waals surface area contributed by atoms with Gasteiger partial charge in [-0.1, -0.05) is 6.58 Å². The first-order chi connectivity index (χ1) is 4.18. The average molecular weight is 128 g/mol. The first-order valence-corrected chi connectivity index (χ1v) is 2.06. The summed E-state index contributed by atoms with van der Waals surface area (Å²) in [6.07, 6.45) is 2.36. The van der Waals surface area contributed by atoms with Gasteiger partial charge < -0.3 is 5.73 Å². The third kappa shape index (κ3) is 54.9. The zero-order valence-corrected chi connectivity index (χ0v) is 5.13. The van der Waals surface area contributed by atoms with Gasteiger partial charge >= 0.3 is 0 Å². The maximum absolute atomic E-state index is 9.47. The van der Waals surface area contributed by atoms with Gasteiger partial charge in [-0.15, -0.1) is 0 Å². The van der Waals surface area contributed by atoms with E-state index in [2.05, 4.69) is 17.3 Å². The molecule has 0 saturated carbocycles. The summed E-state index contributed by atoms with van der Waals surface area (Å²) in [5.41, 5.74) is 4.53. The number of hydrogen-bond acceptors (Lipinski definition) is 3. The molecule has 0 aliphatic carbocycles. The Morgan fingerprint density at radius 2 is 2.11 bits per heavy atom. The summed E-state index contributed by atoms with van der Waals surface area (Å²) in [6, 6.07) is 0. The number of hydrogen-bond donors (Lipinski definition) is 1. The molecule has 0 aromatic heterocycles. The van der Waals surface area contributed by atoms with Crippen LogP contribution in [0.15, 0.2) is 17.6 Å². The maximum atomic E-state index is 9.47. The summed E-state index contributed by atoms with van der Waals surface area (Å²) in [5, 5.41) is 0. The fraction of sp³-hybridized carbons (Fsp3) is 0.200. The second kappa shape index (κ2) is 9.77. The van der Waals surface area contributed by atoms with Crippen LogP contribution in [0, 0.1) is 0 Å². The van der Waals surface area contributed by atoms with Crippen molar-refractivity contribution in [2.24, 2.45) is 10.7 Å². The van der Waals surface area contributed by atoms with Crippen molar-refractivity contribution < 1.29 is 9.59 Å². The normalized spacial score (nSPS) is 5.44. The van der Waals surface area contributed by atoms with Crippen LogP contribution in [0.4, 0.5) is 0 Å². The van der Waals surface area contributed by atoms with Crippen molar-refractivity contribution in [3.05, 3.63) is 12.7 Å². The van der Waals surface area contributed by atoms with E-state index in [9.17, 15) is 4.79 Å². The molecule has 0 aromatic rings. The fourth-order valence-corrected chi connectivity index (χ4v) is 0. The van der Waals surface area contributed by atoms with Gasteiger partial charge in [0.05, 0.1) is 0 Å². The summed E-state index contributed by atoms with van der Waals surface area (Å²) in [5.74, 6) is -0.481. The number of nitrogens with two attached hydrogens (primary N) is 1. The summed E-state index contributed by atoms with van der Waals surface area (Å²) in [6.45, 7) is 3.09. The molecule has 0 aliphatic heterocycles. The second-order valence-electron chi connectivity index (χ2n) is 0.921. The Morgan fingerprint density at radius 1 is 1.89 bits per heavy atom. The van der Waals surface area contributed by atoms with E-state index in [1.165, 1.54) is 13.1 Å². The quantitative estimate of drug-likeness (QED) is 0.296. The van der Waals surface area contributed by atoms with Crippen molar-refractivity contribution in [1.82, 2.24) is 0 Å². The number of aliphatic imine (C=N–C) groups is 1. The van der Waals surface area contributed by atoms with E-state index in [0.717, 1.165) is 6.08 Å². The Morgan fingerprint density at radius 3 is 2.11 bits per heavy atom. The standard InChI is InChI=1S/C3H5NO.C2H3NO/c1-2-3(4)5;1-3-2-4/h2H,1H2,(H2,4,5);1H3. The molecule has 0 atom stereocenters. The molecule has 0 spiro atoms. The first kappa shape index (κ1) is 10.5. The molecule has 50 valence electrons. The lowest BCUT2D eigenvalue weighted by molar-refractivity contribution is -0.113. The number of amides is 1. The van der Waals surface area contributed by atoms with Gasteiger partial charge in [-0.25, -0.2) is 9.79 Å². The SMILES string of the molecule is C=CC(N)=O.CN=C=O. The Hall–Kier alpha value is -1.41. The third-order valence-electron chi connectivity index (χ3n) is 0.292. The van der Waals surface area contributed by atoms with Crippen LogP contribution in [0.2, 0.25) is 0 Å². The number of carbonyl (C=O) groups is 1. The molecule has 1 amide bonds. The van der Waals surface area contributed by atoms with Gasteiger partial charge in [0.2, 0.25) is 12.0 Å². The van der Waals surface area contributed by atoms with Crippen LogP contribution in [0.5, 0.6) is 0 Å². The van der Waals surface area contributed by atoms with Crippen LogP contribution in [-0.4, -0.2) is 19.0 Å². The van der Waals surface area contributed by atoms with Crippen molar-refractivity contribution in [2.45, 2.75) is 0 Å². The summed E-state index contributed by atoms with van der Waals surface area (Å²) >= 11 is 0. The van der Waals surface area contributed by atoms with Crippen molar-refractivity contribution in [3.8, 4) is 0 Å². The number of isocyanates is 1. The lowest BCUT2D eigenvalue weighted by atomic mass is 10.6. The minimum Gasteiger partial charge on any atom is -0.366 e. The van der Waals surface area contributed by atoms with Crippen LogP contribution < -0.4 is 5.73 Å². The van der Waals surface area contributed by atoms with Crippen molar-refractivity contribution in [3.63, 3.8) is 0 Å². The smallest absolute Gasteiger partial charge is 0.240 e. The lowest BCUT2D eigenvalue weighted by Crippen LogP contribution is -2.04. The van der Waals surface area contributed by atoms with Crippen LogP contribution in [0.25, 0.3) is 0 Å². The molecule has 0 saturated heterocycles. The highest BCUT2D eigenvalue weighted by Gasteiger charge is 1.69. The van der Waals surface area contributed by atoms with Crippen LogP contribution in [-0.2, 0) is 9.59 Å². The Bertz CT molecular complexity index is 136. The van der Waals surface area contributed by atoms with Gasteiger partial charge in [0.1, 0.15) is 0 Å². The third-order valence-corrected chi connectivity index (χ3v) is 0.292. The summed E-state index contributed by atoms with van der Waals surface area (Å²) < 4.78 is 0. The fourth-order valence-electron chi connectivity index (χ4n) is 0. The lowest BCUT2D eigenvalue weighted by Gasteiger charge is -1.65. The van der Waals surface area contributed by atoms with Gasteiger partial charge in [-0.05, 0) is 6.08 Å². The van der Waals surface area contributed by atoms with Gasteiger partial charge in [0.15, 0.2) is 0 Å². The molecule has 0 rings (SSSR count). The zero-order valence-electron chi connectivity index (χ0n) is 5.13. The van der Waals surface area contributed by atoms with Gasteiger partial charge in [0.25, 0.3) is 0 Å². The minimum atomic E-state index is -0.481. The molecule has 9 heavy (non-hydrogen) atoms. The number of rotatable bonds is 1. The molecule has 0 radical (unpaired) electrons. The van der Waals surface area contributed by atoms with Crippen molar-refractivity contribution in [2.75, 3.05) is 7.05 Å². The van der Waals surface area contributed by atoms with Crippen LogP contribution in [0.3, 0.4) is 0 Å². The molecular weight excluding hydrogens is 120 g/mol. The molecule has 0 unspecified atom stereocenters. The second-order valence-corrected chi connectivity index (χ2v) is 0.921. The molecule has 0 heterocycles. The monoisotopic (exact) mass is 128 g/mol. The van der Waals surface area contributed by atoms with E-state index < -0.39 is 5.91 Å². The summed E-state index contributed by atoms with van der Waals surface area (Å²) in [7, 11) is 1.38. The van der Waals surface area contributed by atoms with E-state index >= 15 is 0 Å². The van der Waals surface area contributed by atoms with Crippen molar-refractivity contribution in [1.29, 1.82) is 0 Å². The zero-order chi connectivity index (χ0) is 7.70. The highest BCUT2D eigenvalue weighted by atomic mass is 16.1. The van der Waals surface area contributed by atoms with Crippen molar-refractivity contribution >= 4 is 12.0 Å². The molecule has 0 aromatic carbocycles. The van der Waals surface area contributed by atoms with Crippen LogP contribution >= 0.6 is 0 Å². The number of nitrogens with zero attached hydrogens (tertiary/aromatic N) is 1. The predicted octanol–water partition coefficient (Wildman–Crippen LogP) is -0.390. The topological polar surface area (TPSA) is 72.5 Å². The van der Waals surface area contributed by atoms with E-state index in [4.69, 9.17) is 4.79 Å². The predicted molar refractivity (Wildman–Crippen MR) is 33.4 cm³/mol. The Kier molecular flexibility index (Phi) is 11.5. The average Bonchev–Trinajstić information content (AvgIpc) is 1.89. The molecule has 4 heteroatoms. The van der Waals surface area contributed by atoms with Crippen LogP contribution in [0.1, 0.15) is 0 Å². The van der Waals surface area contributed by atoms with E-state index in [1.807, 2.05) is 0 Å². The molecule has 2 N–H and O–H groups in total. The minimum absolute atomic E-state index is 0.481. The summed E-state index contributed by atoms with van der Waals surface area (Å²) in [4.78, 5) is 21.3. The first-order valence-electron chi connectivity index (χ1n) is 2.06. The number of primary amides is 1. The van der Waals surface area contributed by atoms with Gasteiger partial charge in [0, 0.05) is 7.05 Å². The molecule has 0 bridgehead atoms. The molecule has 0 aliphatic rings. The maximum Gasteiger partial charge on any atom is 0.240 e. The number of carbonyl (C=O) groups excluding carboxylic acids is 2. The van der Waals surface area contributed by atoms with E-state index in [-0.39, 0.29) is 0 Å². The van der Waals surface area contributed by atoms with E-state index in [0.29, 0.717) is 0 Å². The Balaban J connectivity index is 0. The molecule has 0 fully saturated rings. The molecular formula is C5H8N2O2.